The number of hydrogen-bond donors (Lipinski definition) is 10. The van der Waals surface area contributed by atoms with E-state index < -0.39 is 128 Å². The van der Waals surface area contributed by atoms with Crippen LogP contribution in [0.5, 0.6) is 0 Å². The van der Waals surface area contributed by atoms with Gasteiger partial charge in [-0.15, -0.1) is 0 Å². The van der Waals surface area contributed by atoms with Crippen molar-refractivity contribution >= 4 is 12.3 Å². The Kier molecular flexibility index (Phi) is 12.7. The number of aliphatic hydroxyl groups excluding tert-OH is 9. The fourth-order valence-electron chi connectivity index (χ4n) is 12.6. The van der Waals surface area contributed by atoms with Crippen molar-refractivity contribution in [2.75, 3.05) is 19.8 Å². The molecule has 8 aliphatic rings. The number of hydrogen-bond acceptors (Lipinski definition) is 19. The molecule has 4 aliphatic heterocycles. The van der Waals surface area contributed by atoms with Crippen molar-refractivity contribution in [3.63, 3.8) is 0 Å². The second kappa shape index (κ2) is 17.0. The van der Waals surface area contributed by atoms with E-state index in [-0.39, 0.29) is 36.2 Å². The molecular weight excluding hydrogens is 796 g/mol. The summed E-state index contributed by atoms with van der Waals surface area (Å²) in [7, 11) is 0. The Hall–Kier alpha value is -1.76. The van der Waals surface area contributed by atoms with E-state index in [4.69, 9.17) is 33.2 Å². The highest BCUT2D eigenvalue weighted by molar-refractivity contribution is 5.85. The Morgan fingerprint density at radius 1 is 0.750 bits per heavy atom. The molecule has 0 radical (unpaired) electrons. The molecular formula is C41H62O19. The quantitative estimate of drug-likeness (QED) is 0.0607. The molecule has 4 heterocycles. The summed E-state index contributed by atoms with van der Waals surface area (Å²) in [6, 6.07) is 0. The summed E-state index contributed by atoms with van der Waals surface area (Å²) in [5.74, 6) is -0.427. The Balaban J connectivity index is 0.873. The Bertz CT molecular complexity index is 1600. The number of carbonyl (C=O) groups excluding carboxylic acids is 2. The van der Waals surface area contributed by atoms with Crippen LogP contribution in [0, 0.1) is 34.5 Å². The topological polar surface area (TPSA) is 301 Å². The van der Waals surface area contributed by atoms with E-state index in [1.807, 2.05) is 0 Å². The highest BCUT2D eigenvalue weighted by Gasteiger charge is 2.69. The molecule has 10 N–H and O–H groups in total. The van der Waals surface area contributed by atoms with Crippen molar-refractivity contribution in [3.05, 3.63) is 11.6 Å². The number of ether oxygens (including phenoxy) is 7. The third kappa shape index (κ3) is 7.31. The van der Waals surface area contributed by atoms with Gasteiger partial charge in [-0.1, -0.05) is 6.92 Å². The third-order valence-corrected chi connectivity index (χ3v) is 16.1. The molecule has 0 spiro atoms. The Morgan fingerprint density at radius 2 is 1.42 bits per heavy atom. The van der Waals surface area contributed by atoms with Gasteiger partial charge in [0.05, 0.1) is 31.0 Å². The summed E-state index contributed by atoms with van der Waals surface area (Å²) in [6.07, 6.45) is -15.2. The maximum absolute atomic E-state index is 13.2. The molecule has 3 saturated heterocycles. The van der Waals surface area contributed by atoms with Crippen molar-refractivity contribution in [2.24, 2.45) is 34.5 Å². The van der Waals surface area contributed by atoms with Crippen molar-refractivity contribution in [1.82, 2.24) is 0 Å². The monoisotopic (exact) mass is 858 g/mol. The highest BCUT2D eigenvalue weighted by atomic mass is 16.8. The first-order valence-corrected chi connectivity index (χ1v) is 21.5. The number of aliphatic hydroxyl groups is 10. The number of aldehydes is 1. The van der Waals surface area contributed by atoms with Gasteiger partial charge in [0.25, 0.3) is 0 Å². The largest absolute Gasteiger partial charge is 0.458 e. The van der Waals surface area contributed by atoms with E-state index in [1.54, 1.807) is 13.0 Å². The Morgan fingerprint density at radius 3 is 2.10 bits per heavy atom. The van der Waals surface area contributed by atoms with Crippen LogP contribution < -0.4 is 0 Å². The van der Waals surface area contributed by atoms with E-state index in [0.717, 1.165) is 37.5 Å². The van der Waals surface area contributed by atoms with Gasteiger partial charge in [-0.3, -0.25) is 0 Å². The second-order valence-electron chi connectivity index (χ2n) is 18.9. The van der Waals surface area contributed by atoms with Crippen LogP contribution in [-0.2, 0) is 42.7 Å². The van der Waals surface area contributed by atoms with E-state index in [1.165, 1.54) is 0 Å². The van der Waals surface area contributed by atoms with Gasteiger partial charge >= 0.3 is 5.97 Å². The number of fused-ring (bicyclic) bond motifs is 5. The van der Waals surface area contributed by atoms with E-state index >= 15 is 0 Å². The molecule has 4 aliphatic carbocycles. The highest BCUT2D eigenvalue weighted by Crippen LogP contribution is 2.69. The van der Waals surface area contributed by atoms with Crippen LogP contribution in [0.25, 0.3) is 0 Å². The van der Waals surface area contributed by atoms with Gasteiger partial charge in [-0.2, -0.15) is 0 Å². The molecule has 19 nitrogen and oxygen atoms in total. The predicted molar refractivity (Wildman–Crippen MR) is 199 cm³/mol. The predicted octanol–water partition coefficient (Wildman–Crippen LogP) is -2.72. The van der Waals surface area contributed by atoms with Gasteiger partial charge in [0.15, 0.2) is 18.9 Å². The first-order chi connectivity index (χ1) is 28.5. The van der Waals surface area contributed by atoms with Crippen LogP contribution in [0.3, 0.4) is 0 Å². The summed E-state index contributed by atoms with van der Waals surface area (Å²) in [6.45, 7) is 2.67. The van der Waals surface area contributed by atoms with Crippen molar-refractivity contribution in [3.8, 4) is 0 Å². The average Bonchev–Trinajstić information content (AvgIpc) is 3.79. The van der Waals surface area contributed by atoms with Gasteiger partial charge in [0.1, 0.15) is 80.0 Å². The van der Waals surface area contributed by atoms with Crippen LogP contribution in [0.1, 0.15) is 71.6 Å². The average molecular weight is 859 g/mol. The second-order valence-corrected chi connectivity index (χ2v) is 18.9. The molecule has 4 saturated carbocycles. The molecule has 0 aromatic carbocycles. The zero-order valence-electron chi connectivity index (χ0n) is 33.8. The lowest BCUT2D eigenvalue weighted by Crippen LogP contribution is -2.65. The van der Waals surface area contributed by atoms with Gasteiger partial charge in [-0.25, -0.2) is 4.79 Å². The number of rotatable bonds is 10. The molecule has 340 valence electrons. The summed E-state index contributed by atoms with van der Waals surface area (Å²) in [4.78, 5) is 25.2. The van der Waals surface area contributed by atoms with Gasteiger partial charge in [0, 0.05) is 16.9 Å². The molecule has 0 aromatic rings. The SMILES string of the molecule is C[C@@H]1O[C@@H](O[C@H]2CC[C@@]3(C=O)[C@@H](CC[C@@H]4[C@@H]3CC[C@]3(C)[C@@H](C5=CC(=O)OC5)CC[C@]43O)C2)[C@H](O)[C@H](O)[C@H]1O[C@@H]1O[C@H](CO[C@@H]2O[C@H](CO)[C@@H](O)[C@H](O)[C@H]2O)[C@@H](O)[C@H](O)[C@H]1O. The molecule has 0 unspecified atom stereocenters. The first-order valence-electron chi connectivity index (χ1n) is 21.5. The minimum atomic E-state index is -1.84. The molecule has 23 atom stereocenters. The maximum Gasteiger partial charge on any atom is 0.331 e. The van der Waals surface area contributed by atoms with Gasteiger partial charge in [-0.05, 0) is 94.0 Å². The first kappa shape index (κ1) is 44.8. The minimum Gasteiger partial charge on any atom is -0.458 e. The molecule has 0 amide bonds. The van der Waals surface area contributed by atoms with E-state index in [9.17, 15) is 60.7 Å². The van der Waals surface area contributed by atoms with Gasteiger partial charge in [0.2, 0.25) is 0 Å². The standard InChI is InChI=1S/C41H62O19/c1-17-35(60-38-33(51)30(48)28(46)25(59-38)15-55-36-32(50)29(47)27(45)24(13-42)58-36)31(49)34(52)37(56-17)57-20-5-9-40(16-43)19(12-20)3-4-23-22(40)6-8-39(2)21(7-10-41(23,39)53)18-11-26(44)54-14-18/h11,16-17,19-25,27-38,42,45-53H,3-10,12-15H2,1-2H3/t17-,19-,20-,21+,22-,23+,24+,25+,27+,28+,29-,30-,31-,32+,33+,34+,35-,36+,37-,38-,39+,40+,41-/m0/s1. The minimum absolute atomic E-state index is 0.0193. The Labute approximate surface area is 347 Å². The van der Waals surface area contributed by atoms with E-state index in [0.29, 0.717) is 32.1 Å². The molecule has 0 bridgehead atoms. The zero-order valence-corrected chi connectivity index (χ0v) is 33.8. The van der Waals surface area contributed by atoms with Crippen LogP contribution in [0.15, 0.2) is 11.6 Å². The summed E-state index contributed by atoms with van der Waals surface area (Å²) < 4.78 is 40.0. The smallest absolute Gasteiger partial charge is 0.331 e. The number of esters is 1. The maximum atomic E-state index is 13.2. The number of cyclic esters (lactones) is 1. The summed E-state index contributed by atoms with van der Waals surface area (Å²) in [5, 5.41) is 107. The van der Waals surface area contributed by atoms with E-state index in [2.05, 4.69) is 6.92 Å². The van der Waals surface area contributed by atoms with Crippen LogP contribution >= 0.6 is 0 Å². The van der Waals surface area contributed by atoms with Crippen molar-refractivity contribution in [1.29, 1.82) is 0 Å². The zero-order chi connectivity index (χ0) is 43.1. The summed E-state index contributed by atoms with van der Waals surface area (Å²) >= 11 is 0. The molecule has 19 heteroatoms. The fraction of sp³-hybridized carbons (Fsp3) is 0.902. The van der Waals surface area contributed by atoms with Crippen molar-refractivity contribution < 1.29 is 93.8 Å². The number of carbonyl (C=O) groups is 2. The molecule has 7 fully saturated rings. The van der Waals surface area contributed by atoms with Crippen LogP contribution in [0.4, 0.5) is 0 Å². The third-order valence-electron chi connectivity index (χ3n) is 16.1. The lowest BCUT2D eigenvalue weighted by molar-refractivity contribution is -0.365. The van der Waals surface area contributed by atoms with Crippen molar-refractivity contribution in [2.45, 2.75) is 175 Å². The normalized spacial score (nSPS) is 54.3. The summed E-state index contributed by atoms with van der Waals surface area (Å²) in [5.41, 5.74) is -1.12. The lowest BCUT2D eigenvalue weighted by Gasteiger charge is -2.63. The molecule has 60 heavy (non-hydrogen) atoms. The molecule has 0 aromatic heterocycles. The fourth-order valence-corrected chi connectivity index (χ4v) is 12.6. The van der Waals surface area contributed by atoms with Gasteiger partial charge < -0.3 is 89.0 Å². The van der Waals surface area contributed by atoms with Crippen LogP contribution in [0.2, 0.25) is 0 Å². The lowest BCUT2D eigenvalue weighted by atomic mass is 9.43. The molecule has 8 rings (SSSR count). The van der Waals surface area contributed by atoms with Crippen LogP contribution in [-0.4, -0.2) is 187 Å².